The highest BCUT2D eigenvalue weighted by atomic mass is 32.2. The molecule has 78 valence electrons. The van der Waals surface area contributed by atoms with Crippen molar-refractivity contribution < 1.29 is 8.42 Å². The zero-order chi connectivity index (χ0) is 10.6. The fraction of sp³-hybridized carbons (Fsp3) is 0.400. The van der Waals surface area contributed by atoms with Crippen LogP contribution in [0.1, 0.15) is 5.56 Å². The summed E-state index contributed by atoms with van der Waals surface area (Å²) in [6.45, 7) is 2.37. The van der Waals surface area contributed by atoms with Gasteiger partial charge in [-0.3, -0.25) is 0 Å². The van der Waals surface area contributed by atoms with Gasteiger partial charge in [-0.25, -0.2) is 8.42 Å². The van der Waals surface area contributed by atoms with Crippen LogP contribution in [0.3, 0.4) is 0 Å². The first kappa shape index (κ1) is 11.2. The minimum atomic E-state index is -3.11. The number of sulfone groups is 1. The Kier molecular flexibility index (Phi) is 3.66. The molecule has 0 bridgehead atoms. The lowest BCUT2D eigenvalue weighted by Crippen LogP contribution is -2.19. The summed E-state index contributed by atoms with van der Waals surface area (Å²) in [5.74, 6) is 0.146. The Balaban J connectivity index is 2.93. The molecule has 0 heterocycles. The molecule has 0 aliphatic heterocycles. The van der Waals surface area contributed by atoms with Crippen LogP contribution in [0.4, 0.5) is 0 Å². The summed E-state index contributed by atoms with van der Waals surface area (Å²) in [5, 5.41) is 2.83. The second kappa shape index (κ2) is 4.57. The van der Waals surface area contributed by atoms with Crippen LogP contribution in [-0.4, -0.2) is 27.8 Å². The third-order valence-electron chi connectivity index (χ3n) is 1.97. The highest BCUT2D eigenvalue weighted by Gasteiger charge is 2.12. The lowest BCUT2D eigenvalue weighted by Gasteiger charge is -2.04. The SMILES string of the molecule is CNCCS(=O)(=O)c1cccc(C)c1. The molecule has 0 aromatic heterocycles. The van der Waals surface area contributed by atoms with Crippen molar-refractivity contribution in [2.24, 2.45) is 0 Å². The average molecular weight is 213 g/mol. The van der Waals surface area contributed by atoms with Gasteiger partial charge in [0.05, 0.1) is 10.6 Å². The molecule has 0 amide bonds. The van der Waals surface area contributed by atoms with Crippen LogP contribution in [0.2, 0.25) is 0 Å². The maximum Gasteiger partial charge on any atom is 0.179 e. The van der Waals surface area contributed by atoms with E-state index in [1.165, 1.54) is 0 Å². The highest BCUT2D eigenvalue weighted by Crippen LogP contribution is 2.12. The highest BCUT2D eigenvalue weighted by molar-refractivity contribution is 7.91. The molecule has 1 aromatic rings. The second-order valence-corrected chi connectivity index (χ2v) is 5.35. The minimum Gasteiger partial charge on any atom is -0.319 e. The molecule has 4 heteroatoms. The van der Waals surface area contributed by atoms with E-state index in [2.05, 4.69) is 5.32 Å². The van der Waals surface area contributed by atoms with Gasteiger partial charge >= 0.3 is 0 Å². The number of hydrogen-bond donors (Lipinski definition) is 1. The van der Waals surface area contributed by atoms with E-state index in [1.807, 2.05) is 13.0 Å². The topological polar surface area (TPSA) is 46.2 Å². The first-order chi connectivity index (χ1) is 6.56. The van der Waals surface area contributed by atoms with Crippen molar-refractivity contribution in [2.45, 2.75) is 11.8 Å². The molecule has 3 nitrogen and oxygen atoms in total. The van der Waals surface area contributed by atoms with Gasteiger partial charge in [-0.2, -0.15) is 0 Å². The molecule has 0 aliphatic carbocycles. The summed E-state index contributed by atoms with van der Waals surface area (Å²) in [6, 6.07) is 6.99. The van der Waals surface area contributed by atoms with Gasteiger partial charge in [0.1, 0.15) is 0 Å². The summed E-state index contributed by atoms with van der Waals surface area (Å²) >= 11 is 0. The van der Waals surface area contributed by atoms with Gasteiger partial charge < -0.3 is 5.32 Å². The Hall–Kier alpha value is -0.870. The molecule has 0 saturated carbocycles. The van der Waals surface area contributed by atoms with Gasteiger partial charge in [0.2, 0.25) is 0 Å². The monoisotopic (exact) mass is 213 g/mol. The minimum absolute atomic E-state index is 0.146. The largest absolute Gasteiger partial charge is 0.319 e. The number of rotatable bonds is 4. The van der Waals surface area contributed by atoms with Crippen molar-refractivity contribution >= 4 is 9.84 Å². The Morgan fingerprint density at radius 2 is 2.07 bits per heavy atom. The van der Waals surface area contributed by atoms with Crippen molar-refractivity contribution in [3.63, 3.8) is 0 Å². The summed E-state index contributed by atoms with van der Waals surface area (Å²) in [5.41, 5.74) is 0.968. The predicted octanol–water partition coefficient (Wildman–Crippen LogP) is 0.988. The lowest BCUT2D eigenvalue weighted by molar-refractivity contribution is 0.593. The van der Waals surface area contributed by atoms with E-state index in [0.717, 1.165) is 5.56 Å². The Bertz CT molecular complexity index is 398. The van der Waals surface area contributed by atoms with Gasteiger partial charge in [0.15, 0.2) is 9.84 Å². The maximum absolute atomic E-state index is 11.7. The van der Waals surface area contributed by atoms with Crippen LogP contribution in [0.5, 0.6) is 0 Å². The molecule has 0 fully saturated rings. The van der Waals surface area contributed by atoms with Crippen LogP contribution in [-0.2, 0) is 9.84 Å². The predicted molar refractivity (Wildman–Crippen MR) is 57.2 cm³/mol. The van der Waals surface area contributed by atoms with Crippen LogP contribution in [0.25, 0.3) is 0 Å². The summed E-state index contributed by atoms with van der Waals surface area (Å²) < 4.78 is 23.4. The molecular weight excluding hydrogens is 198 g/mol. The normalized spacial score (nSPS) is 11.6. The lowest BCUT2D eigenvalue weighted by atomic mass is 10.2. The van der Waals surface area contributed by atoms with Crippen molar-refractivity contribution in [1.29, 1.82) is 0 Å². The van der Waals surface area contributed by atoms with E-state index < -0.39 is 9.84 Å². The Morgan fingerprint density at radius 1 is 1.36 bits per heavy atom. The fourth-order valence-corrected chi connectivity index (χ4v) is 2.52. The number of benzene rings is 1. The fourth-order valence-electron chi connectivity index (χ4n) is 1.16. The Morgan fingerprint density at radius 3 is 2.64 bits per heavy atom. The van der Waals surface area contributed by atoms with Crippen LogP contribution >= 0.6 is 0 Å². The molecule has 0 aliphatic rings. The van der Waals surface area contributed by atoms with Crippen LogP contribution in [0.15, 0.2) is 29.2 Å². The zero-order valence-corrected chi connectivity index (χ0v) is 9.26. The number of nitrogens with one attached hydrogen (secondary N) is 1. The second-order valence-electron chi connectivity index (χ2n) is 3.24. The zero-order valence-electron chi connectivity index (χ0n) is 8.45. The molecular formula is C10H15NO2S. The van der Waals surface area contributed by atoms with E-state index in [1.54, 1.807) is 25.2 Å². The number of hydrogen-bond acceptors (Lipinski definition) is 3. The third-order valence-corrected chi connectivity index (χ3v) is 3.68. The third kappa shape index (κ3) is 2.82. The van der Waals surface area contributed by atoms with Crippen molar-refractivity contribution in [3.05, 3.63) is 29.8 Å². The molecule has 1 N–H and O–H groups in total. The molecule has 0 atom stereocenters. The van der Waals surface area contributed by atoms with Gasteiger partial charge in [-0.05, 0) is 31.7 Å². The van der Waals surface area contributed by atoms with Gasteiger partial charge in [-0.15, -0.1) is 0 Å². The van der Waals surface area contributed by atoms with Gasteiger partial charge in [-0.1, -0.05) is 12.1 Å². The van der Waals surface area contributed by atoms with Crippen molar-refractivity contribution in [1.82, 2.24) is 5.32 Å². The van der Waals surface area contributed by atoms with Crippen LogP contribution < -0.4 is 5.32 Å². The summed E-state index contributed by atoms with van der Waals surface area (Å²) in [7, 11) is -1.37. The molecule has 0 unspecified atom stereocenters. The van der Waals surface area contributed by atoms with E-state index in [-0.39, 0.29) is 5.75 Å². The molecule has 1 rings (SSSR count). The smallest absolute Gasteiger partial charge is 0.179 e. The van der Waals surface area contributed by atoms with E-state index in [0.29, 0.717) is 11.4 Å². The van der Waals surface area contributed by atoms with Crippen molar-refractivity contribution in [2.75, 3.05) is 19.3 Å². The van der Waals surface area contributed by atoms with E-state index >= 15 is 0 Å². The molecule has 0 radical (unpaired) electrons. The maximum atomic E-state index is 11.7. The summed E-state index contributed by atoms with van der Waals surface area (Å²) in [4.78, 5) is 0.410. The van der Waals surface area contributed by atoms with E-state index in [9.17, 15) is 8.42 Å². The molecule has 0 saturated heterocycles. The standard InChI is InChI=1S/C10H15NO2S/c1-9-4-3-5-10(8-9)14(12,13)7-6-11-2/h3-5,8,11H,6-7H2,1-2H3. The number of aryl methyl sites for hydroxylation is 1. The Labute approximate surface area is 85.1 Å². The quantitative estimate of drug-likeness (QED) is 0.811. The van der Waals surface area contributed by atoms with Crippen LogP contribution in [0, 0.1) is 6.92 Å². The molecule has 14 heavy (non-hydrogen) atoms. The first-order valence-corrected chi connectivity index (χ1v) is 6.15. The van der Waals surface area contributed by atoms with E-state index in [4.69, 9.17) is 0 Å². The molecule has 1 aromatic carbocycles. The average Bonchev–Trinajstić information content (AvgIpc) is 2.15. The van der Waals surface area contributed by atoms with Gasteiger partial charge in [0, 0.05) is 6.54 Å². The first-order valence-electron chi connectivity index (χ1n) is 4.50. The molecule has 0 spiro atoms. The summed E-state index contributed by atoms with van der Waals surface area (Å²) in [6.07, 6.45) is 0. The van der Waals surface area contributed by atoms with Gasteiger partial charge in [0.25, 0.3) is 0 Å². The van der Waals surface area contributed by atoms with Crippen molar-refractivity contribution in [3.8, 4) is 0 Å².